The van der Waals surface area contributed by atoms with Crippen LogP contribution < -0.4 is 11.1 Å². The van der Waals surface area contributed by atoms with Gasteiger partial charge in [0.2, 0.25) is 0 Å². The average Bonchev–Trinajstić information content (AvgIpc) is 2.62. The molecule has 3 rings (SSSR count). The lowest BCUT2D eigenvalue weighted by molar-refractivity contribution is -0.0145. The number of nitrogens with one attached hydrogen (secondary N) is 1. The maximum Gasteiger partial charge on any atom is 0.274 e. The van der Waals surface area contributed by atoms with Crippen LogP contribution in [0.1, 0.15) is 21.6 Å². The lowest BCUT2D eigenvalue weighted by atomic mass is 9.90. The number of amides is 1. The highest BCUT2D eigenvalue weighted by molar-refractivity contribution is 6.30. The number of benzene rings is 1. The van der Waals surface area contributed by atoms with Gasteiger partial charge in [-0.05, 0) is 36.8 Å². The highest BCUT2D eigenvalue weighted by Crippen LogP contribution is 2.38. The van der Waals surface area contributed by atoms with Crippen LogP contribution in [0.5, 0.6) is 0 Å². The number of carbonyl (C=O) groups excluding carboxylic acids is 1. The van der Waals surface area contributed by atoms with Crippen LogP contribution in [0, 0.1) is 12.7 Å². The summed E-state index contributed by atoms with van der Waals surface area (Å²) in [6.07, 6.45) is -1.77. The largest absolute Gasteiger partial charge is 0.385 e. The first-order chi connectivity index (χ1) is 13.2. The lowest BCUT2D eigenvalue weighted by Crippen LogP contribution is -2.45. The highest BCUT2D eigenvalue weighted by atomic mass is 35.5. The second-order valence-electron chi connectivity index (χ2n) is 6.29. The Morgan fingerprint density at radius 2 is 2.14 bits per heavy atom. The fourth-order valence-corrected chi connectivity index (χ4v) is 3.12. The molecule has 1 atom stereocenters. The molecular formula is C18H16ClF3N4O2. The van der Waals surface area contributed by atoms with Crippen molar-refractivity contribution in [2.75, 3.05) is 18.5 Å². The van der Waals surface area contributed by atoms with Crippen molar-refractivity contribution in [1.82, 2.24) is 4.98 Å². The Morgan fingerprint density at radius 3 is 2.79 bits per heavy atom. The van der Waals surface area contributed by atoms with Crippen molar-refractivity contribution in [1.29, 1.82) is 0 Å². The minimum Gasteiger partial charge on any atom is -0.385 e. The molecule has 148 valence electrons. The molecule has 1 aromatic carbocycles. The van der Waals surface area contributed by atoms with Gasteiger partial charge in [0.05, 0.1) is 11.6 Å². The fourth-order valence-electron chi connectivity index (χ4n) is 2.90. The number of hydrogen-bond donors (Lipinski definition) is 2. The van der Waals surface area contributed by atoms with Crippen molar-refractivity contribution < 1.29 is 22.7 Å². The molecule has 1 amide bonds. The Kier molecular flexibility index (Phi) is 5.57. The predicted molar refractivity (Wildman–Crippen MR) is 98.5 cm³/mol. The van der Waals surface area contributed by atoms with E-state index in [1.54, 1.807) is 13.0 Å². The van der Waals surface area contributed by atoms with E-state index in [1.807, 2.05) is 0 Å². The number of aliphatic imine (C=N–C) groups is 1. The number of ether oxygens (including phenoxy) is 1. The minimum absolute atomic E-state index is 0.0944. The topological polar surface area (TPSA) is 89.6 Å². The first kappa shape index (κ1) is 20.1. The number of alkyl halides is 2. The van der Waals surface area contributed by atoms with Crippen LogP contribution in [-0.2, 0) is 10.3 Å². The molecule has 2 heterocycles. The molecule has 0 saturated carbocycles. The van der Waals surface area contributed by atoms with Gasteiger partial charge in [-0.1, -0.05) is 11.6 Å². The van der Waals surface area contributed by atoms with Gasteiger partial charge in [-0.2, -0.15) is 0 Å². The summed E-state index contributed by atoms with van der Waals surface area (Å²) in [7, 11) is 0. The van der Waals surface area contributed by atoms with E-state index in [2.05, 4.69) is 15.3 Å². The number of nitrogens with zero attached hydrogens (tertiary/aromatic N) is 2. The van der Waals surface area contributed by atoms with E-state index in [-0.39, 0.29) is 23.8 Å². The number of aromatic nitrogens is 1. The summed E-state index contributed by atoms with van der Waals surface area (Å²) in [6.45, 7) is 0.984. The van der Waals surface area contributed by atoms with Gasteiger partial charge in [0.25, 0.3) is 12.3 Å². The van der Waals surface area contributed by atoms with Gasteiger partial charge in [-0.3, -0.25) is 9.79 Å². The summed E-state index contributed by atoms with van der Waals surface area (Å²) in [5.41, 5.74) is 3.54. The third-order valence-electron chi connectivity index (χ3n) is 4.23. The van der Waals surface area contributed by atoms with E-state index in [0.29, 0.717) is 10.6 Å². The third-order valence-corrected chi connectivity index (χ3v) is 4.43. The summed E-state index contributed by atoms with van der Waals surface area (Å²) >= 11 is 5.82. The van der Waals surface area contributed by atoms with Crippen molar-refractivity contribution >= 4 is 29.0 Å². The molecule has 6 nitrogen and oxygen atoms in total. The number of hydrogen-bond acceptors (Lipinski definition) is 5. The Bertz CT molecular complexity index is 954. The number of nitrogens with two attached hydrogens (primary N) is 1. The van der Waals surface area contributed by atoms with Crippen molar-refractivity contribution in [2.45, 2.75) is 18.9 Å². The molecule has 1 aliphatic heterocycles. The molecule has 0 saturated heterocycles. The van der Waals surface area contributed by atoms with Crippen molar-refractivity contribution in [2.24, 2.45) is 10.7 Å². The van der Waals surface area contributed by atoms with E-state index in [4.69, 9.17) is 22.1 Å². The Morgan fingerprint density at radius 1 is 1.39 bits per heavy atom. The number of amidine groups is 1. The van der Waals surface area contributed by atoms with E-state index in [1.165, 1.54) is 12.3 Å². The molecule has 0 aliphatic carbocycles. The van der Waals surface area contributed by atoms with E-state index >= 15 is 0 Å². The van der Waals surface area contributed by atoms with Gasteiger partial charge >= 0.3 is 0 Å². The van der Waals surface area contributed by atoms with E-state index in [0.717, 1.165) is 12.1 Å². The van der Waals surface area contributed by atoms with Gasteiger partial charge in [-0.25, -0.2) is 18.2 Å². The second kappa shape index (κ2) is 7.76. The lowest BCUT2D eigenvalue weighted by Gasteiger charge is -2.33. The Labute approximate surface area is 163 Å². The Hall–Kier alpha value is -2.65. The standard InChI is InChI=1S/C18H16ClF3N4O2/c1-9-4-10(19)6-24-15(9)16(27)25-11-2-3-13(20)12(5-11)18(17(21)22)8-28-7-14(23)26-18/h2-6,17H,7-8H2,1H3,(H2,23,26)(H,25,27). The van der Waals surface area contributed by atoms with Crippen molar-refractivity contribution in [3.8, 4) is 0 Å². The summed E-state index contributed by atoms with van der Waals surface area (Å²) in [5.74, 6) is -1.68. The molecule has 0 bridgehead atoms. The van der Waals surface area contributed by atoms with Gasteiger partial charge in [0.15, 0.2) is 5.54 Å². The Balaban J connectivity index is 1.97. The van der Waals surface area contributed by atoms with Crippen LogP contribution in [0.4, 0.5) is 18.9 Å². The van der Waals surface area contributed by atoms with E-state index < -0.39 is 35.9 Å². The molecular weight excluding hydrogens is 397 g/mol. The van der Waals surface area contributed by atoms with Crippen LogP contribution in [0.2, 0.25) is 5.02 Å². The molecule has 0 radical (unpaired) electrons. The summed E-state index contributed by atoms with van der Waals surface area (Å²) in [5, 5.41) is 2.88. The molecule has 1 unspecified atom stereocenters. The molecule has 10 heteroatoms. The van der Waals surface area contributed by atoms with E-state index in [9.17, 15) is 18.0 Å². The van der Waals surface area contributed by atoms with Crippen LogP contribution in [0.3, 0.4) is 0 Å². The maximum absolute atomic E-state index is 14.4. The van der Waals surface area contributed by atoms with Gasteiger partial charge in [0.1, 0.15) is 24.0 Å². The van der Waals surface area contributed by atoms with Gasteiger partial charge in [-0.15, -0.1) is 0 Å². The zero-order valence-electron chi connectivity index (χ0n) is 14.7. The molecule has 1 aromatic heterocycles. The molecule has 1 aliphatic rings. The quantitative estimate of drug-likeness (QED) is 0.806. The SMILES string of the molecule is Cc1cc(Cl)cnc1C(=O)Nc1ccc(F)c(C2(C(F)F)COCC(N)=N2)c1. The van der Waals surface area contributed by atoms with Crippen LogP contribution in [0.25, 0.3) is 0 Å². The van der Waals surface area contributed by atoms with Crippen molar-refractivity contribution in [3.63, 3.8) is 0 Å². The molecule has 0 fully saturated rings. The molecule has 28 heavy (non-hydrogen) atoms. The normalized spacial score (nSPS) is 19.4. The monoisotopic (exact) mass is 412 g/mol. The second-order valence-corrected chi connectivity index (χ2v) is 6.73. The van der Waals surface area contributed by atoms with Gasteiger partial charge < -0.3 is 15.8 Å². The summed E-state index contributed by atoms with van der Waals surface area (Å²) in [6, 6.07) is 4.87. The fraction of sp³-hybridized carbons (Fsp3) is 0.278. The average molecular weight is 413 g/mol. The predicted octanol–water partition coefficient (Wildman–Crippen LogP) is 3.28. The number of carbonyl (C=O) groups is 1. The third kappa shape index (κ3) is 3.81. The first-order valence-corrected chi connectivity index (χ1v) is 8.54. The van der Waals surface area contributed by atoms with Crippen LogP contribution >= 0.6 is 11.6 Å². The van der Waals surface area contributed by atoms with Gasteiger partial charge in [0, 0.05) is 17.4 Å². The van der Waals surface area contributed by atoms with Crippen LogP contribution in [-0.4, -0.2) is 36.4 Å². The first-order valence-electron chi connectivity index (χ1n) is 8.16. The number of rotatable bonds is 4. The highest BCUT2D eigenvalue weighted by Gasteiger charge is 2.46. The number of aryl methyl sites for hydroxylation is 1. The number of halogens is 4. The van der Waals surface area contributed by atoms with Crippen molar-refractivity contribution in [3.05, 3.63) is 58.1 Å². The molecule has 0 spiro atoms. The summed E-state index contributed by atoms with van der Waals surface area (Å²) < 4.78 is 47.2. The number of pyridine rings is 1. The maximum atomic E-state index is 14.4. The smallest absolute Gasteiger partial charge is 0.274 e. The zero-order chi connectivity index (χ0) is 20.5. The zero-order valence-corrected chi connectivity index (χ0v) is 15.4. The number of anilines is 1. The molecule has 3 N–H and O–H groups in total. The molecule has 2 aromatic rings. The summed E-state index contributed by atoms with van der Waals surface area (Å²) in [4.78, 5) is 20.2. The minimum atomic E-state index is -3.08. The van der Waals surface area contributed by atoms with Crippen LogP contribution in [0.15, 0.2) is 35.5 Å².